The van der Waals surface area contributed by atoms with Gasteiger partial charge in [-0.05, 0) is 55.7 Å². The van der Waals surface area contributed by atoms with Gasteiger partial charge in [-0.15, -0.1) is 0 Å². The lowest BCUT2D eigenvalue weighted by Crippen LogP contribution is -2.13. The molecule has 0 bridgehead atoms. The van der Waals surface area contributed by atoms with Gasteiger partial charge in [0, 0.05) is 11.3 Å². The molecule has 0 amide bonds. The van der Waals surface area contributed by atoms with Crippen LogP contribution in [0.3, 0.4) is 0 Å². The molecule has 0 spiro atoms. The molecular formula is C19H23NO2S. The van der Waals surface area contributed by atoms with Crippen molar-refractivity contribution in [2.24, 2.45) is 0 Å². The molecule has 0 aliphatic carbocycles. The number of nitrogens with one attached hydrogen (secondary N) is 1. The number of rotatable bonds is 5. The maximum atomic E-state index is 5.98. The van der Waals surface area contributed by atoms with E-state index in [0.29, 0.717) is 11.8 Å². The fourth-order valence-corrected chi connectivity index (χ4v) is 2.47. The monoisotopic (exact) mass is 329 g/mol. The van der Waals surface area contributed by atoms with Crippen LogP contribution < -0.4 is 10.1 Å². The van der Waals surface area contributed by atoms with Gasteiger partial charge in [-0.2, -0.15) is 0 Å². The smallest absolute Gasteiger partial charge is 0.260 e. The van der Waals surface area contributed by atoms with E-state index in [9.17, 15) is 0 Å². The van der Waals surface area contributed by atoms with Crippen molar-refractivity contribution >= 4 is 23.1 Å². The maximum Gasteiger partial charge on any atom is 0.260 e. The minimum atomic E-state index is 0.353. The number of aryl methyl sites for hydroxylation is 3. The zero-order valence-corrected chi connectivity index (χ0v) is 14.9. The van der Waals surface area contributed by atoms with Crippen LogP contribution in [0.1, 0.15) is 29.2 Å². The summed E-state index contributed by atoms with van der Waals surface area (Å²) in [5.74, 6) is 0.899. The summed E-state index contributed by atoms with van der Waals surface area (Å²) in [5.41, 5.74) is 5.58. The Labute approximate surface area is 143 Å². The van der Waals surface area contributed by atoms with E-state index in [1.54, 1.807) is 7.11 Å². The van der Waals surface area contributed by atoms with E-state index < -0.39 is 0 Å². The number of hydrogen-bond donors (Lipinski definition) is 1. The van der Waals surface area contributed by atoms with Crippen LogP contribution in [0.15, 0.2) is 36.4 Å². The zero-order chi connectivity index (χ0) is 16.8. The molecule has 0 radical (unpaired) electrons. The number of benzene rings is 2. The molecule has 0 aliphatic rings. The number of thiocarbonyl (C=S) groups is 1. The summed E-state index contributed by atoms with van der Waals surface area (Å²) in [4.78, 5) is 0. The van der Waals surface area contributed by atoms with Crippen molar-refractivity contribution in [3.63, 3.8) is 0 Å². The van der Waals surface area contributed by atoms with E-state index >= 15 is 0 Å². The quantitative estimate of drug-likeness (QED) is 0.799. The highest BCUT2D eigenvalue weighted by Gasteiger charge is 2.08. The molecule has 0 saturated heterocycles. The number of hydrogen-bond acceptors (Lipinski definition) is 3. The highest BCUT2D eigenvalue weighted by atomic mass is 32.1. The van der Waals surface area contributed by atoms with E-state index in [-0.39, 0.29) is 0 Å². The molecule has 0 unspecified atom stereocenters. The van der Waals surface area contributed by atoms with Crippen LogP contribution in [0.25, 0.3) is 0 Å². The molecule has 2 aromatic carbocycles. The molecule has 0 aliphatic heterocycles. The average molecular weight is 329 g/mol. The minimum Gasteiger partial charge on any atom is -0.489 e. The Kier molecular flexibility index (Phi) is 5.99. The Balaban J connectivity index is 2.19. The zero-order valence-electron chi connectivity index (χ0n) is 14.1. The van der Waals surface area contributed by atoms with E-state index in [0.717, 1.165) is 29.0 Å². The van der Waals surface area contributed by atoms with E-state index in [1.165, 1.54) is 11.1 Å². The summed E-state index contributed by atoms with van der Waals surface area (Å²) in [6, 6.07) is 12.5. The Morgan fingerprint density at radius 1 is 1.13 bits per heavy atom. The average Bonchev–Trinajstić information content (AvgIpc) is 2.54. The van der Waals surface area contributed by atoms with Gasteiger partial charge in [0.15, 0.2) is 0 Å². The SMILES string of the molecule is CCc1ccc(COc2ccc(C)cc2C)c(NC(=S)OC)c1. The molecule has 2 rings (SSSR count). The molecule has 2 aromatic rings. The lowest BCUT2D eigenvalue weighted by Gasteiger charge is -2.15. The van der Waals surface area contributed by atoms with Gasteiger partial charge in [-0.25, -0.2) is 0 Å². The standard InChI is InChI=1S/C19H23NO2S/c1-5-15-7-8-16(17(11-15)20-19(23)21-4)12-22-18-9-6-13(2)10-14(18)3/h6-11H,5,12H2,1-4H3,(H,20,23). The highest BCUT2D eigenvalue weighted by molar-refractivity contribution is 7.80. The molecule has 0 saturated carbocycles. The second-order valence-corrected chi connectivity index (χ2v) is 5.89. The topological polar surface area (TPSA) is 30.5 Å². The Hall–Kier alpha value is -2.07. The normalized spacial score (nSPS) is 10.3. The second-order valence-electron chi connectivity index (χ2n) is 5.52. The first-order chi connectivity index (χ1) is 11.0. The van der Waals surface area contributed by atoms with Crippen LogP contribution in [-0.4, -0.2) is 12.3 Å². The van der Waals surface area contributed by atoms with Gasteiger partial charge in [-0.1, -0.05) is 36.8 Å². The Morgan fingerprint density at radius 2 is 1.91 bits per heavy atom. The summed E-state index contributed by atoms with van der Waals surface area (Å²) < 4.78 is 11.0. The third kappa shape index (κ3) is 4.70. The number of anilines is 1. The van der Waals surface area contributed by atoms with Crippen molar-refractivity contribution in [2.45, 2.75) is 33.8 Å². The molecule has 0 heterocycles. The predicted octanol–water partition coefficient (Wildman–Crippen LogP) is 4.79. The molecule has 122 valence electrons. The van der Waals surface area contributed by atoms with Gasteiger partial charge in [0.1, 0.15) is 12.4 Å². The van der Waals surface area contributed by atoms with Gasteiger partial charge >= 0.3 is 0 Å². The van der Waals surface area contributed by atoms with Crippen LogP contribution in [0.5, 0.6) is 5.75 Å². The summed E-state index contributed by atoms with van der Waals surface area (Å²) in [7, 11) is 1.56. The number of ether oxygens (including phenoxy) is 2. The number of methoxy groups -OCH3 is 1. The lowest BCUT2D eigenvalue weighted by molar-refractivity contribution is 0.304. The van der Waals surface area contributed by atoms with Gasteiger partial charge in [0.05, 0.1) is 7.11 Å². The summed E-state index contributed by atoms with van der Waals surface area (Å²) >= 11 is 5.11. The molecule has 3 nitrogen and oxygen atoms in total. The second kappa shape index (κ2) is 7.97. The fraction of sp³-hybridized carbons (Fsp3) is 0.316. The molecule has 0 fully saturated rings. The highest BCUT2D eigenvalue weighted by Crippen LogP contribution is 2.24. The fourth-order valence-electron chi connectivity index (χ4n) is 2.36. The summed E-state index contributed by atoms with van der Waals surface area (Å²) in [6.07, 6.45) is 0.965. The van der Waals surface area contributed by atoms with Crippen molar-refractivity contribution in [3.8, 4) is 5.75 Å². The van der Waals surface area contributed by atoms with Crippen molar-refractivity contribution < 1.29 is 9.47 Å². The van der Waals surface area contributed by atoms with Gasteiger partial charge in [0.25, 0.3) is 5.17 Å². The molecule has 23 heavy (non-hydrogen) atoms. The minimum absolute atomic E-state index is 0.353. The Bertz CT molecular complexity index is 698. The van der Waals surface area contributed by atoms with E-state index in [1.807, 2.05) is 6.07 Å². The van der Waals surface area contributed by atoms with Gasteiger partial charge in [0.2, 0.25) is 0 Å². The van der Waals surface area contributed by atoms with Crippen molar-refractivity contribution in [2.75, 3.05) is 12.4 Å². The Morgan fingerprint density at radius 3 is 2.57 bits per heavy atom. The van der Waals surface area contributed by atoms with Crippen molar-refractivity contribution in [3.05, 3.63) is 58.7 Å². The third-order valence-electron chi connectivity index (χ3n) is 3.72. The summed E-state index contributed by atoms with van der Waals surface area (Å²) in [5, 5.41) is 3.48. The summed E-state index contributed by atoms with van der Waals surface area (Å²) in [6.45, 7) is 6.73. The lowest BCUT2D eigenvalue weighted by atomic mass is 10.1. The molecule has 1 N–H and O–H groups in total. The first kappa shape index (κ1) is 17.3. The maximum absolute atomic E-state index is 5.98. The van der Waals surface area contributed by atoms with Crippen LogP contribution >= 0.6 is 12.2 Å². The van der Waals surface area contributed by atoms with Crippen molar-refractivity contribution in [1.82, 2.24) is 0 Å². The molecular weight excluding hydrogens is 306 g/mol. The largest absolute Gasteiger partial charge is 0.489 e. The van der Waals surface area contributed by atoms with Gasteiger partial charge < -0.3 is 14.8 Å². The van der Waals surface area contributed by atoms with Gasteiger partial charge in [-0.3, -0.25) is 0 Å². The van der Waals surface area contributed by atoms with Crippen LogP contribution in [0, 0.1) is 13.8 Å². The third-order valence-corrected chi connectivity index (χ3v) is 3.99. The van der Waals surface area contributed by atoms with Crippen LogP contribution in [0.4, 0.5) is 5.69 Å². The van der Waals surface area contributed by atoms with Crippen LogP contribution in [-0.2, 0) is 17.8 Å². The van der Waals surface area contributed by atoms with Crippen molar-refractivity contribution in [1.29, 1.82) is 0 Å². The van der Waals surface area contributed by atoms with Crippen LogP contribution in [0.2, 0.25) is 0 Å². The predicted molar refractivity (Wildman–Crippen MR) is 99.3 cm³/mol. The first-order valence-corrected chi connectivity index (χ1v) is 8.11. The molecule has 4 heteroatoms. The van der Waals surface area contributed by atoms with E-state index in [4.69, 9.17) is 21.7 Å². The first-order valence-electron chi connectivity index (χ1n) is 7.70. The van der Waals surface area contributed by atoms with E-state index in [2.05, 4.69) is 56.4 Å². The molecule has 0 atom stereocenters. The molecule has 0 aromatic heterocycles.